The number of thiophene rings is 1. The zero-order chi connectivity index (χ0) is 18.9. The van der Waals surface area contributed by atoms with Crippen molar-refractivity contribution in [2.75, 3.05) is 6.61 Å². The summed E-state index contributed by atoms with van der Waals surface area (Å²) in [4.78, 5) is 13.2. The fraction of sp³-hybridized carbons (Fsp3) is 0.300. The minimum Gasteiger partial charge on any atom is -0.490 e. The Morgan fingerprint density at radius 1 is 1.31 bits per heavy atom. The van der Waals surface area contributed by atoms with Crippen LogP contribution in [0.2, 0.25) is 0 Å². The number of hydrogen-bond acceptors (Lipinski definition) is 5. The van der Waals surface area contributed by atoms with E-state index in [1.807, 2.05) is 44.4 Å². The Labute approximate surface area is 157 Å². The molecule has 0 atom stereocenters. The summed E-state index contributed by atoms with van der Waals surface area (Å²) in [6.45, 7) is 6.54. The number of hydrogen-bond donors (Lipinski definition) is 1. The molecule has 1 aromatic carbocycles. The molecular weight excluding hydrogens is 348 g/mol. The number of rotatable bonds is 8. The van der Waals surface area contributed by atoms with Gasteiger partial charge >= 0.3 is 0 Å². The van der Waals surface area contributed by atoms with Gasteiger partial charge in [-0.25, -0.2) is 0 Å². The van der Waals surface area contributed by atoms with Crippen LogP contribution in [0.1, 0.15) is 31.2 Å². The first kappa shape index (κ1) is 19.5. The van der Waals surface area contributed by atoms with Crippen LogP contribution in [0.4, 0.5) is 0 Å². The molecule has 5 nitrogen and oxygen atoms in total. The van der Waals surface area contributed by atoms with Gasteiger partial charge in [0, 0.05) is 10.9 Å². The number of nitrogens with one attached hydrogen (secondary N) is 1. The summed E-state index contributed by atoms with van der Waals surface area (Å²) < 4.78 is 11.5. The quantitative estimate of drug-likeness (QED) is 0.559. The Hall–Kier alpha value is -2.78. The van der Waals surface area contributed by atoms with Gasteiger partial charge in [-0.3, -0.25) is 4.79 Å². The van der Waals surface area contributed by atoms with Crippen molar-refractivity contribution in [2.24, 2.45) is 0 Å². The summed E-state index contributed by atoms with van der Waals surface area (Å²) in [6.07, 6.45) is 1.54. The van der Waals surface area contributed by atoms with Gasteiger partial charge in [-0.05, 0) is 56.0 Å². The maximum Gasteiger partial charge on any atom is 0.262 e. The maximum atomic E-state index is 12.0. The standard InChI is InChI=1S/C20H22N2O3S/c1-4-24-19-11-15(10-16(12-21)20(23)22-14(2)3)7-8-18(19)25-13-17-6-5-9-26-17/h5-11,14H,4,13H2,1-3H3,(H,22,23)/b16-10+. The molecule has 1 amide bonds. The van der Waals surface area contributed by atoms with Crippen LogP contribution in [0.5, 0.6) is 11.5 Å². The van der Waals surface area contributed by atoms with Crippen molar-refractivity contribution < 1.29 is 14.3 Å². The van der Waals surface area contributed by atoms with Gasteiger partial charge in [0.1, 0.15) is 18.2 Å². The highest BCUT2D eigenvalue weighted by Crippen LogP contribution is 2.30. The van der Waals surface area contributed by atoms with Gasteiger partial charge in [-0.2, -0.15) is 5.26 Å². The van der Waals surface area contributed by atoms with Crippen molar-refractivity contribution in [1.82, 2.24) is 5.32 Å². The topological polar surface area (TPSA) is 71.3 Å². The fourth-order valence-corrected chi connectivity index (χ4v) is 2.82. The SMILES string of the molecule is CCOc1cc(/C=C(\C#N)C(=O)NC(C)C)ccc1OCc1cccs1. The molecule has 0 saturated heterocycles. The largest absolute Gasteiger partial charge is 0.490 e. The number of carbonyl (C=O) groups is 1. The highest BCUT2D eigenvalue weighted by atomic mass is 32.1. The van der Waals surface area contributed by atoms with Gasteiger partial charge in [0.25, 0.3) is 5.91 Å². The molecule has 6 heteroatoms. The van der Waals surface area contributed by atoms with Crippen molar-refractivity contribution in [3.8, 4) is 17.6 Å². The molecule has 0 bridgehead atoms. The van der Waals surface area contributed by atoms with E-state index >= 15 is 0 Å². The Morgan fingerprint density at radius 3 is 2.73 bits per heavy atom. The van der Waals surface area contributed by atoms with Crippen molar-refractivity contribution in [3.63, 3.8) is 0 Å². The lowest BCUT2D eigenvalue weighted by Gasteiger charge is -2.12. The number of amides is 1. The van der Waals surface area contributed by atoms with Crippen LogP contribution < -0.4 is 14.8 Å². The molecule has 0 aliphatic heterocycles. The third-order valence-electron chi connectivity index (χ3n) is 3.31. The van der Waals surface area contributed by atoms with Crippen LogP contribution in [0.3, 0.4) is 0 Å². The van der Waals surface area contributed by atoms with Crippen LogP contribution in [-0.2, 0) is 11.4 Å². The third-order valence-corrected chi connectivity index (χ3v) is 4.16. The summed E-state index contributed by atoms with van der Waals surface area (Å²) in [5.74, 6) is 0.820. The van der Waals surface area contributed by atoms with Crippen LogP contribution in [0, 0.1) is 11.3 Å². The van der Waals surface area contributed by atoms with Gasteiger partial charge in [0.05, 0.1) is 6.61 Å². The molecule has 0 unspecified atom stereocenters. The van der Waals surface area contributed by atoms with Crippen LogP contribution in [-0.4, -0.2) is 18.6 Å². The normalized spacial score (nSPS) is 11.1. The van der Waals surface area contributed by atoms with E-state index < -0.39 is 5.91 Å². The Balaban J connectivity index is 2.21. The minimum absolute atomic E-state index is 0.0359. The van der Waals surface area contributed by atoms with Crippen molar-refractivity contribution >= 4 is 23.3 Å². The molecule has 1 aromatic heterocycles. The molecule has 2 rings (SSSR count). The number of ether oxygens (including phenoxy) is 2. The van der Waals surface area contributed by atoms with Gasteiger partial charge in [0.2, 0.25) is 0 Å². The van der Waals surface area contributed by atoms with E-state index in [2.05, 4.69) is 5.32 Å². The molecule has 26 heavy (non-hydrogen) atoms. The smallest absolute Gasteiger partial charge is 0.262 e. The minimum atomic E-state index is -0.390. The molecule has 1 N–H and O–H groups in total. The molecule has 0 aliphatic rings. The molecule has 0 aliphatic carbocycles. The van der Waals surface area contributed by atoms with Crippen LogP contribution in [0.25, 0.3) is 6.08 Å². The number of nitriles is 1. The first-order valence-electron chi connectivity index (χ1n) is 8.38. The second-order valence-corrected chi connectivity index (χ2v) is 6.84. The van der Waals surface area contributed by atoms with E-state index in [0.29, 0.717) is 30.3 Å². The molecule has 0 saturated carbocycles. The lowest BCUT2D eigenvalue weighted by molar-refractivity contribution is -0.117. The lowest BCUT2D eigenvalue weighted by atomic mass is 10.1. The highest BCUT2D eigenvalue weighted by molar-refractivity contribution is 7.09. The average Bonchev–Trinajstić information content (AvgIpc) is 3.12. The monoisotopic (exact) mass is 370 g/mol. The molecule has 0 radical (unpaired) electrons. The lowest BCUT2D eigenvalue weighted by Crippen LogP contribution is -2.30. The van der Waals surface area contributed by atoms with Crippen molar-refractivity contribution in [3.05, 3.63) is 51.7 Å². The van der Waals surface area contributed by atoms with Gasteiger partial charge in [0.15, 0.2) is 11.5 Å². The van der Waals surface area contributed by atoms with E-state index in [-0.39, 0.29) is 11.6 Å². The predicted octanol–water partition coefficient (Wildman–Crippen LogP) is 4.16. The Bertz CT molecular complexity index is 805. The van der Waals surface area contributed by atoms with E-state index in [0.717, 1.165) is 4.88 Å². The molecule has 0 spiro atoms. The van der Waals surface area contributed by atoms with Crippen LogP contribution in [0.15, 0.2) is 41.3 Å². The molecule has 136 valence electrons. The number of carbonyl (C=O) groups excluding carboxylic acids is 1. The van der Waals surface area contributed by atoms with Gasteiger partial charge in [-0.1, -0.05) is 12.1 Å². The molecule has 2 aromatic rings. The zero-order valence-corrected chi connectivity index (χ0v) is 15.9. The second-order valence-electron chi connectivity index (χ2n) is 5.81. The fourth-order valence-electron chi connectivity index (χ4n) is 2.20. The summed E-state index contributed by atoms with van der Waals surface area (Å²) in [5.41, 5.74) is 0.751. The van der Waals surface area contributed by atoms with Crippen molar-refractivity contribution in [1.29, 1.82) is 5.26 Å². The molecular formula is C20H22N2O3S. The highest BCUT2D eigenvalue weighted by Gasteiger charge is 2.12. The van der Waals surface area contributed by atoms with Crippen molar-refractivity contribution in [2.45, 2.75) is 33.4 Å². The zero-order valence-electron chi connectivity index (χ0n) is 15.1. The maximum absolute atomic E-state index is 12.0. The first-order valence-corrected chi connectivity index (χ1v) is 9.26. The predicted molar refractivity (Wildman–Crippen MR) is 103 cm³/mol. The average molecular weight is 370 g/mol. The van der Waals surface area contributed by atoms with Gasteiger partial charge in [-0.15, -0.1) is 11.3 Å². The molecule has 1 heterocycles. The summed E-state index contributed by atoms with van der Waals surface area (Å²) >= 11 is 1.63. The summed E-state index contributed by atoms with van der Waals surface area (Å²) in [6, 6.07) is 11.3. The Morgan fingerprint density at radius 2 is 2.12 bits per heavy atom. The van der Waals surface area contributed by atoms with E-state index in [1.165, 1.54) is 0 Å². The first-order chi connectivity index (χ1) is 12.5. The van der Waals surface area contributed by atoms with Crippen LogP contribution >= 0.6 is 11.3 Å². The number of benzene rings is 1. The van der Waals surface area contributed by atoms with E-state index in [4.69, 9.17) is 9.47 Å². The van der Waals surface area contributed by atoms with E-state index in [9.17, 15) is 10.1 Å². The molecule has 0 fully saturated rings. The third kappa shape index (κ3) is 5.64. The summed E-state index contributed by atoms with van der Waals surface area (Å²) in [5, 5.41) is 14.0. The van der Waals surface area contributed by atoms with E-state index in [1.54, 1.807) is 35.6 Å². The second kappa shape index (κ2) is 9.64. The Kier molecular flexibility index (Phi) is 7.24. The summed E-state index contributed by atoms with van der Waals surface area (Å²) in [7, 11) is 0. The number of nitrogens with zero attached hydrogens (tertiary/aromatic N) is 1. The van der Waals surface area contributed by atoms with Gasteiger partial charge < -0.3 is 14.8 Å².